The minimum Gasteiger partial charge on any atom is -0.368 e. The molecule has 0 aliphatic heterocycles. The number of carbonyl (C=O) groups is 1. The third-order valence-electron chi connectivity index (χ3n) is 2.01. The SMILES string of the molecule is CNC(=O)c1ccn(-c2nc(N)ncc2Br)n1. The van der Waals surface area contributed by atoms with E-state index in [4.69, 9.17) is 5.73 Å². The Morgan fingerprint density at radius 3 is 3.06 bits per heavy atom. The summed E-state index contributed by atoms with van der Waals surface area (Å²) in [6, 6.07) is 1.59. The van der Waals surface area contributed by atoms with Gasteiger partial charge in [0.2, 0.25) is 5.95 Å². The second-order valence-electron chi connectivity index (χ2n) is 3.12. The van der Waals surface area contributed by atoms with E-state index < -0.39 is 0 Å². The van der Waals surface area contributed by atoms with Crippen molar-refractivity contribution in [3.63, 3.8) is 0 Å². The van der Waals surface area contributed by atoms with Crippen LogP contribution in [0, 0.1) is 0 Å². The summed E-state index contributed by atoms with van der Waals surface area (Å²) in [6.45, 7) is 0. The number of nitrogens with two attached hydrogens (primary N) is 1. The monoisotopic (exact) mass is 296 g/mol. The maximum absolute atomic E-state index is 11.4. The molecule has 0 atom stereocenters. The third-order valence-corrected chi connectivity index (χ3v) is 2.57. The van der Waals surface area contributed by atoms with Gasteiger partial charge in [-0.05, 0) is 22.0 Å². The molecule has 2 aromatic heterocycles. The quantitative estimate of drug-likeness (QED) is 0.834. The Hall–Kier alpha value is -1.96. The van der Waals surface area contributed by atoms with Crippen LogP contribution in [-0.4, -0.2) is 32.7 Å². The number of aromatic nitrogens is 4. The van der Waals surface area contributed by atoms with Crippen LogP contribution in [0.25, 0.3) is 5.82 Å². The molecule has 2 rings (SSSR count). The highest BCUT2D eigenvalue weighted by molar-refractivity contribution is 9.10. The molecule has 2 heterocycles. The van der Waals surface area contributed by atoms with Gasteiger partial charge in [-0.1, -0.05) is 0 Å². The predicted molar refractivity (Wildman–Crippen MR) is 64.7 cm³/mol. The van der Waals surface area contributed by atoms with Crippen LogP contribution in [0.5, 0.6) is 0 Å². The van der Waals surface area contributed by atoms with E-state index in [2.05, 4.69) is 36.3 Å². The van der Waals surface area contributed by atoms with Gasteiger partial charge in [-0.3, -0.25) is 4.79 Å². The lowest BCUT2D eigenvalue weighted by atomic mass is 10.4. The summed E-state index contributed by atoms with van der Waals surface area (Å²) in [6.07, 6.45) is 3.15. The highest BCUT2D eigenvalue weighted by Gasteiger charge is 2.11. The van der Waals surface area contributed by atoms with Gasteiger partial charge in [-0.15, -0.1) is 0 Å². The van der Waals surface area contributed by atoms with Gasteiger partial charge in [0.25, 0.3) is 5.91 Å². The van der Waals surface area contributed by atoms with Gasteiger partial charge in [0.05, 0.1) is 4.47 Å². The zero-order valence-electron chi connectivity index (χ0n) is 8.88. The highest BCUT2D eigenvalue weighted by Crippen LogP contribution is 2.17. The van der Waals surface area contributed by atoms with Crippen LogP contribution in [0.15, 0.2) is 22.9 Å². The maximum Gasteiger partial charge on any atom is 0.271 e. The van der Waals surface area contributed by atoms with Crippen molar-refractivity contribution in [3.8, 4) is 5.82 Å². The number of anilines is 1. The van der Waals surface area contributed by atoms with Gasteiger partial charge in [0, 0.05) is 19.4 Å². The van der Waals surface area contributed by atoms with Gasteiger partial charge in [-0.25, -0.2) is 9.67 Å². The highest BCUT2D eigenvalue weighted by atomic mass is 79.9. The number of carbonyl (C=O) groups excluding carboxylic acids is 1. The van der Waals surface area contributed by atoms with E-state index in [1.165, 1.54) is 10.9 Å². The number of nitrogens with one attached hydrogen (secondary N) is 1. The molecule has 0 saturated carbocycles. The van der Waals surface area contributed by atoms with E-state index in [0.717, 1.165) is 0 Å². The third kappa shape index (κ3) is 2.26. The van der Waals surface area contributed by atoms with E-state index in [0.29, 0.717) is 16.0 Å². The molecule has 1 amide bonds. The average Bonchev–Trinajstić information content (AvgIpc) is 2.80. The second-order valence-corrected chi connectivity index (χ2v) is 3.98. The molecule has 7 nitrogen and oxygen atoms in total. The summed E-state index contributed by atoms with van der Waals surface area (Å²) in [5, 5.41) is 6.57. The Bertz CT molecular complexity index is 566. The molecule has 0 fully saturated rings. The molecular weight excluding hydrogens is 288 g/mol. The summed E-state index contributed by atoms with van der Waals surface area (Å²) in [5.41, 5.74) is 5.80. The Kier molecular flexibility index (Phi) is 3.05. The molecule has 0 bridgehead atoms. The normalized spacial score (nSPS) is 10.2. The van der Waals surface area contributed by atoms with Crippen molar-refractivity contribution < 1.29 is 4.79 Å². The lowest BCUT2D eigenvalue weighted by Crippen LogP contribution is -2.18. The molecule has 3 N–H and O–H groups in total. The van der Waals surface area contributed by atoms with Crippen molar-refractivity contribution >= 4 is 27.8 Å². The number of halogens is 1. The molecule has 0 saturated heterocycles. The fourth-order valence-electron chi connectivity index (χ4n) is 1.22. The summed E-state index contributed by atoms with van der Waals surface area (Å²) in [7, 11) is 1.54. The Labute approximate surface area is 105 Å². The molecule has 88 valence electrons. The first-order valence-electron chi connectivity index (χ1n) is 4.68. The van der Waals surface area contributed by atoms with Crippen molar-refractivity contribution in [2.75, 3.05) is 12.8 Å². The van der Waals surface area contributed by atoms with Crippen molar-refractivity contribution in [3.05, 3.63) is 28.6 Å². The Morgan fingerprint density at radius 2 is 2.35 bits per heavy atom. The van der Waals surface area contributed by atoms with Crippen molar-refractivity contribution in [2.24, 2.45) is 0 Å². The first-order valence-corrected chi connectivity index (χ1v) is 5.47. The van der Waals surface area contributed by atoms with E-state index in [1.807, 2.05) is 0 Å². The lowest BCUT2D eigenvalue weighted by Gasteiger charge is -2.03. The van der Waals surface area contributed by atoms with Crippen LogP contribution in [-0.2, 0) is 0 Å². The summed E-state index contributed by atoms with van der Waals surface area (Å²) >= 11 is 3.29. The lowest BCUT2D eigenvalue weighted by molar-refractivity contribution is 0.0957. The van der Waals surface area contributed by atoms with Crippen LogP contribution >= 0.6 is 15.9 Å². The first-order chi connectivity index (χ1) is 8.11. The van der Waals surface area contributed by atoms with Gasteiger partial charge in [0.15, 0.2) is 11.5 Å². The Morgan fingerprint density at radius 1 is 1.59 bits per heavy atom. The van der Waals surface area contributed by atoms with E-state index in [1.54, 1.807) is 19.3 Å². The first kappa shape index (κ1) is 11.5. The largest absolute Gasteiger partial charge is 0.368 e. The molecule has 0 aliphatic carbocycles. The van der Waals surface area contributed by atoms with E-state index >= 15 is 0 Å². The Balaban J connectivity index is 2.43. The fourth-order valence-corrected chi connectivity index (χ4v) is 1.60. The van der Waals surface area contributed by atoms with Crippen LogP contribution in [0.4, 0.5) is 5.95 Å². The maximum atomic E-state index is 11.4. The summed E-state index contributed by atoms with van der Waals surface area (Å²) in [5.74, 6) is 0.356. The van der Waals surface area contributed by atoms with Crippen molar-refractivity contribution in [2.45, 2.75) is 0 Å². The van der Waals surface area contributed by atoms with Gasteiger partial charge in [0.1, 0.15) is 0 Å². The van der Waals surface area contributed by atoms with Gasteiger partial charge in [-0.2, -0.15) is 10.1 Å². The minimum absolute atomic E-state index is 0.139. The van der Waals surface area contributed by atoms with Gasteiger partial charge >= 0.3 is 0 Å². The second kappa shape index (κ2) is 4.50. The van der Waals surface area contributed by atoms with Crippen LogP contribution < -0.4 is 11.1 Å². The topological polar surface area (TPSA) is 98.7 Å². The standard InChI is InChI=1S/C9H9BrN6O/c1-12-8(17)6-2-3-16(15-6)7-5(10)4-13-9(11)14-7/h2-4H,1H3,(H,12,17)(H2,11,13,14). The molecule has 17 heavy (non-hydrogen) atoms. The summed E-state index contributed by atoms with van der Waals surface area (Å²) in [4.78, 5) is 19.2. The van der Waals surface area contributed by atoms with E-state index in [-0.39, 0.29) is 11.9 Å². The number of nitrogens with zero attached hydrogens (tertiary/aromatic N) is 4. The molecular formula is C9H9BrN6O. The average molecular weight is 297 g/mol. The number of hydrogen-bond donors (Lipinski definition) is 2. The molecule has 8 heteroatoms. The molecule has 0 radical (unpaired) electrons. The number of nitrogen functional groups attached to an aromatic ring is 1. The van der Waals surface area contributed by atoms with Gasteiger partial charge < -0.3 is 11.1 Å². The number of hydrogen-bond acceptors (Lipinski definition) is 5. The number of rotatable bonds is 2. The molecule has 0 spiro atoms. The van der Waals surface area contributed by atoms with E-state index in [9.17, 15) is 4.79 Å². The van der Waals surface area contributed by atoms with Crippen molar-refractivity contribution in [1.82, 2.24) is 25.1 Å². The van der Waals surface area contributed by atoms with Crippen molar-refractivity contribution in [1.29, 1.82) is 0 Å². The smallest absolute Gasteiger partial charge is 0.271 e. The fraction of sp³-hybridized carbons (Fsp3) is 0.111. The van der Waals surface area contributed by atoms with Crippen LogP contribution in [0.1, 0.15) is 10.5 Å². The molecule has 0 aliphatic rings. The zero-order valence-corrected chi connectivity index (χ0v) is 10.5. The predicted octanol–water partition coefficient (Wildman–Crippen LogP) is 0.367. The summed E-state index contributed by atoms with van der Waals surface area (Å²) < 4.78 is 2.09. The molecule has 0 unspecified atom stereocenters. The van der Waals surface area contributed by atoms with Crippen LogP contribution in [0.2, 0.25) is 0 Å². The number of amides is 1. The van der Waals surface area contributed by atoms with Crippen LogP contribution in [0.3, 0.4) is 0 Å². The molecule has 2 aromatic rings. The zero-order chi connectivity index (χ0) is 12.4. The molecule has 0 aromatic carbocycles. The minimum atomic E-state index is -0.262.